The van der Waals surface area contributed by atoms with Crippen molar-refractivity contribution in [3.8, 4) is 0 Å². The van der Waals surface area contributed by atoms with Crippen LogP contribution >= 0.6 is 0 Å². The predicted molar refractivity (Wildman–Crippen MR) is 89.2 cm³/mol. The molecular weight excluding hydrogens is 274 g/mol. The molecule has 0 aliphatic rings. The molecule has 22 heavy (non-hydrogen) atoms. The molecule has 4 heteroatoms. The molecule has 1 heterocycles. The van der Waals surface area contributed by atoms with E-state index < -0.39 is 0 Å². The normalized spacial score (nSPS) is 11.5. The maximum absolute atomic E-state index is 12.2. The van der Waals surface area contributed by atoms with Crippen molar-refractivity contribution >= 4 is 5.91 Å². The largest absolute Gasteiger partial charge is 0.352 e. The van der Waals surface area contributed by atoms with Crippen LogP contribution in [-0.2, 0) is 11.8 Å². The number of carbonyl (C=O) groups excluding carboxylic acids is 1. The number of aromatic nitrogens is 2. The smallest absolute Gasteiger partial charge is 0.251 e. The van der Waals surface area contributed by atoms with Crippen LogP contribution in [-0.4, -0.2) is 22.6 Å². The van der Waals surface area contributed by atoms with Gasteiger partial charge in [0.25, 0.3) is 5.91 Å². The minimum Gasteiger partial charge on any atom is -0.352 e. The summed E-state index contributed by atoms with van der Waals surface area (Å²) < 4.78 is 0. The molecule has 0 atom stereocenters. The quantitative estimate of drug-likeness (QED) is 0.910. The van der Waals surface area contributed by atoms with E-state index in [1.54, 1.807) is 0 Å². The highest BCUT2D eigenvalue weighted by molar-refractivity contribution is 5.94. The standard InChI is InChI=1S/C18H25N3O/c1-12-16(13(2)21-20-12)10-11-19-17(22)14-6-8-15(9-7-14)18(3,4)5/h6-9H,10-11H2,1-5H3,(H,19,22)(H,20,21). The van der Waals surface area contributed by atoms with E-state index in [1.807, 2.05) is 38.1 Å². The maximum atomic E-state index is 12.2. The molecule has 0 aliphatic carbocycles. The second-order valence-electron chi connectivity index (χ2n) is 6.75. The molecule has 118 valence electrons. The first-order chi connectivity index (χ1) is 10.3. The molecule has 0 spiro atoms. The van der Waals surface area contributed by atoms with Crippen molar-refractivity contribution in [2.24, 2.45) is 0 Å². The first-order valence-electron chi connectivity index (χ1n) is 7.68. The Bertz CT molecular complexity index is 628. The van der Waals surface area contributed by atoms with Crippen molar-refractivity contribution in [2.45, 2.75) is 46.5 Å². The Morgan fingerprint density at radius 2 is 1.82 bits per heavy atom. The third-order valence-electron chi connectivity index (χ3n) is 3.95. The number of aromatic amines is 1. The van der Waals surface area contributed by atoms with Crippen LogP contribution in [0.4, 0.5) is 0 Å². The minimum atomic E-state index is -0.0285. The Kier molecular flexibility index (Phi) is 4.69. The zero-order valence-corrected chi connectivity index (χ0v) is 14.1. The van der Waals surface area contributed by atoms with E-state index >= 15 is 0 Å². The number of rotatable bonds is 4. The van der Waals surface area contributed by atoms with Crippen molar-refractivity contribution in [1.29, 1.82) is 0 Å². The molecule has 1 amide bonds. The van der Waals surface area contributed by atoms with Gasteiger partial charge >= 0.3 is 0 Å². The summed E-state index contributed by atoms with van der Waals surface area (Å²) >= 11 is 0. The fourth-order valence-corrected chi connectivity index (χ4v) is 2.47. The molecule has 2 rings (SSSR count). The predicted octanol–water partition coefficient (Wildman–Crippen LogP) is 3.30. The highest BCUT2D eigenvalue weighted by Crippen LogP contribution is 2.22. The summed E-state index contributed by atoms with van der Waals surface area (Å²) in [6, 6.07) is 7.84. The molecule has 0 fully saturated rings. The van der Waals surface area contributed by atoms with E-state index in [4.69, 9.17) is 0 Å². The molecule has 0 bridgehead atoms. The third kappa shape index (κ3) is 3.75. The van der Waals surface area contributed by atoms with E-state index in [-0.39, 0.29) is 11.3 Å². The van der Waals surface area contributed by atoms with Gasteiger partial charge in [-0.25, -0.2) is 0 Å². The molecule has 2 N–H and O–H groups in total. The first kappa shape index (κ1) is 16.3. The van der Waals surface area contributed by atoms with E-state index in [2.05, 4.69) is 36.3 Å². The summed E-state index contributed by atoms with van der Waals surface area (Å²) in [5, 5.41) is 10.1. The van der Waals surface area contributed by atoms with Gasteiger partial charge in [0, 0.05) is 17.8 Å². The zero-order chi connectivity index (χ0) is 16.3. The summed E-state index contributed by atoms with van der Waals surface area (Å²) in [5.41, 5.74) is 5.29. The van der Waals surface area contributed by atoms with Crippen molar-refractivity contribution < 1.29 is 4.79 Å². The number of hydrogen-bond acceptors (Lipinski definition) is 2. The Labute approximate surface area is 132 Å². The van der Waals surface area contributed by atoms with Crippen LogP contribution in [0.15, 0.2) is 24.3 Å². The Morgan fingerprint density at radius 1 is 1.18 bits per heavy atom. The number of nitrogens with one attached hydrogen (secondary N) is 2. The van der Waals surface area contributed by atoms with Gasteiger partial charge < -0.3 is 5.32 Å². The van der Waals surface area contributed by atoms with E-state index in [0.717, 1.165) is 17.8 Å². The van der Waals surface area contributed by atoms with Gasteiger partial charge in [0.05, 0.1) is 5.69 Å². The summed E-state index contributed by atoms with van der Waals surface area (Å²) in [4.78, 5) is 12.2. The van der Waals surface area contributed by atoms with Gasteiger partial charge in [0.15, 0.2) is 0 Å². The van der Waals surface area contributed by atoms with Crippen molar-refractivity contribution in [2.75, 3.05) is 6.54 Å². The molecule has 0 aliphatic heterocycles. The zero-order valence-electron chi connectivity index (χ0n) is 14.1. The topological polar surface area (TPSA) is 57.8 Å². The second-order valence-corrected chi connectivity index (χ2v) is 6.75. The maximum Gasteiger partial charge on any atom is 0.251 e. The number of hydrogen-bond donors (Lipinski definition) is 2. The summed E-state index contributed by atoms with van der Waals surface area (Å²) in [6.07, 6.45) is 0.792. The van der Waals surface area contributed by atoms with Crippen LogP contribution in [0.25, 0.3) is 0 Å². The Morgan fingerprint density at radius 3 is 2.32 bits per heavy atom. The molecule has 1 aromatic heterocycles. The number of aryl methyl sites for hydroxylation is 2. The highest BCUT2D eigenvalue weighted by Gasteiger charge is 2.14. The van der Waals surface area contributed by atoms with Crippen LogP contribution in [0.3, 0.4) is 0 Å². The van der Waals surface area contributed by atoms with Gasteiger partial charge in [0.2, 0.25) is 0 Å². The van der Waals surface area contributed by atoms with E-state index in [0.29, 0.717) is 12.1 Å². The molecule has 2 aromatic rings. The Hall–Kier alpha value is -2.10. The molecule has 0 saturated carbocycles. The third-order valence-corrected chi connectivity index (χ3v) is 3.95. The lowest BCUT2D eigenvalue weighted by Gasteiger charge is -2.19. The van der Waals surface area contributed by atoms with Gasteiger partial charge in [-0.15, -0.1) is 0 Å². The van der Waals surface area contributed by atoms with E-state index in [9.17, 15) is 4.79 Å². The number of nitrogens with zero attached hydrogens (tertiary/aromatic N) is 1. The summed E-state index contributed by atoms with van der Waals surface area (Å²) in [7, 11) is 0. The fraction of sp³-hybridized carbons (Fsp3) is 0.444. The van der Waals surface area contributed by atoms with Crippen molar-refractivity contribution in [3.63, 3.8) is 0 Å². The molecule has 1 aromatic carbocycles. The van der Waals surface area contributed by atoms with Crippen LogP contribution in [0.2, 0.25) is 0 Å². The summed E-state index contributed by atoms with van der Waals surface area (Å²) in [6.45, 7) is 11.1. The van der Waals surface area contributed by atoms with Crippen LogP contribution in [0.1, 0.15) is 53.6 Å². The SMILES string of the molecule is Cc1n[nH]c(C)c1CCNC(=O)c1ccc(C(C)(C)C)cc1. The number of benzene rings is 1. The Balaban J connectivity index is 1.93. The number of amides is 1. The average Bonchev–Trinajstić information content (AvgIpc) is 2.78. The molecule has 0 unspecified atom stereocenters. The number of H-pyrrole nitrogens is 1. The lowest BCUT2D eigenvalue weighted by atomic mass is 9.87. The van der Waals surface area contributed by atoms with Crippen LogP contribution in [0, 0.1) is 13.8 Å². The van der Waals surface area contributed by atoms with Gasteiger partial charge in [-0.3, -0.25) is 9.89 Å². The van der Waals surface area contributed by atoms with Gasteiger partial charge in [-0.1, -0.05) is 32.9 Å². The average molecular weight is 299 g/mol. The monoisotopic (exact) mass is 299 g/mol. The summed E-state index contributed by atoms with van der Waals surface area (Å²) in [5.74, 6) is -0.0285. The van der Waals surface area contributed by atoms with Crippen molar-refractivity contribution in [1.82, 2.24) is 15.5 Å². The van der Waals surface area contributed by atoms with Gasteiger partial charge in [-0.05, 0) is 48.9 Å². The molecule has 0 radical (unpaired) electrons. The lowest BCUT2D eigenvalue weighted by molar-refractivity contribution is 0.0954. The minimum absolute atomic E-state index is 0.0285. The van der Waals surface area contributed by atoms with Crippen molar-refractivity contribution in [3.05, 3.63) is 52.3 Å². The molecule has 4 nitrogen and oxygen atoms in total. The van der Waals surface area contributed by atoms with E-state index in [1.165, 1.54) is 11.1 Å². The van der Waals surface area contributed by atoms with Crippen LogP contribution < -0.4 is 5.32 Å². The second kappa shape index (κ2) is 6.34. The fourth-order valence-electron chi connectivity index (χ4n) is 2.47. The van der Waals surface area contributed by atoms with Crippen LogP contribution in [0.5, 0.6) is 0 Å². The van der Waals surface area contributed by atoms with Gasteiger partial charge in [-0.2, -0.15) is 5.10 Å². The highest BCUT2D eigenvalue weighted by atomic mass is 16.1. The van der Waals surface area contributed by atoms with Gasteiger partial charge in [0.1, 0.15) is 0 Å². The lowest BCUT2D eigenvalue weighted by Crippen LogP contribution is -2.26. The first-order valence-corrected chi connectivity index (χ1v) is 7.68. The molecule has 0 saturated heterocycles. The number of carbonyl (C=O) groups is 1. The molecular formula is C18H25N3O.